The van der Waals surface area contributed by atoms with Crippen molar-refractivity contribution in [3.8, 4) is 17.4 Å². The molecule has 0 aliphatic carbocycles. The van der Waals surface area contributed by atoms with Crippen molar-refractivity contribution in [1.29, 1.82) is 0 Å². The van der Waals surface area contributed by atoms with Gasteiger partial charge in [0, 0.05) is 24.1 Å². The molecular weight excluding hydrogens is 409 g/mol. The largest absolute Gasteiger partial charge is 0.439 e. The van der Waals surface area contributed by atoms with Crippen LogP contribution in [0.15, 0.2) is 67.0 Å². The second-order valence-corrected chi connectivity index (χ2v) is 6.51. The number of hydrogen-bond acceptors (Lipinski definition) is 4. The Morgan fingerprint density at radius 2 is 1.68 bits per heavy atom. The van der Waals surface area contributed by atoms with Gasteiger partial charge in [0.25, 0.3) is 5.91 Å². The molecule has 0 fully saturated rings. The third-order valence-electron chi connectivity index (χ3n) is 4.28. The van der Waals surface area contributed by atoms with Crippen LogP contribution in [0.5, 0.6) is 11.6 Å². The van der Waals surface area contributed by atoms with Gasteiger partial charge in [0.15, 0.2) is 17.5 Å². The summed E-state index contributed by atoms with van der Waals surface area (Å²) in [4.78, 5) is 20.8. The van der Waals surface area contributed by atoms with E-state index >= 15 is 0 Å². The topological polar surface area (TPSA) is 69.0 Å². The first-order chi connectivity index (χ1) is 14.9. The number of ether oxygens (including phenoxy) is 1. The minimum atomic E-state index is -1.70. The summed E-state index contributed by atoms with van der Waals surface area (Å²) >= 11 is 0. The molecule has 0 aliphatic rings. The van der Waals surface area contributed by atoms with Gasteiger partial charge in [0.1, 0.15) is 17.4 Å². The molecule has 0 aliphatic heterocycles. The van der Waals surface area contributed by atoms with E-state index in [0.29, 0.717) is 35.0 Å². The number of nitrogens with one attached hydrogen (secondary N) is 1. The van der Waals surface area contributed by atoms with Gasteiger partial charge in [-0.2, -0.15) is 4.98 Å². The van der Waals surface area contributed by atoms with E-state index in [1.54, 1.807) is 25.1 Å². The van der Waals surface area contributed by atoms with Crippen LogP contribution in [0.4, 0.5) is 18.9 Å². The third kappa shape index (κ3) is 4.40. The Morgan fingerprint density at radius 1 is 0.968 bits per heavy atom. The SMILES string of the molecule is Cc1nc(Oc2ccc(NC(=O)c3ccc(F)c(F)c3F)cc2)cc(-n2cccc2)n1. The Bertz CT molecular complexity index is 1240. The third-order valence-corrected chi connectivity index (χ3v) is 4.28. The van der Waals surface area contributed by atoms with E-state index in [0.717, 1.165) is 6.07 Å². The molecule has 0 radical (unpaired) electrons. The van der Waals surface area contributed by atoms with E-state index in [1.165, 1.54) is 12.1 Å². The monoisotopic (exact) mass is 424 g/mol. The van der Waals surface area contributed by atoms with Gasteiger partial charge in [-0.05, 0) is 55.5 Å². The molecule has 1 N–H and O–H groups in total. The van der Waals surface area contributed by atoms with Gasteiger partial charge in [-0.1, -0.05) is 0 Å². The van der Waals surface area contributed by atoms with Crippen LogP contribution in [0.1, 0.15) is 16.2 Å². The average Bonchev–Trinajstić information content (AvgIpc) is 3.28. The van der Waals surface area contributed by atoms with Crippen molar-refractivity contribution >= 4 is 11.6 Å². The number of hydrogen-bond donors (Lipinski definition) is 1. The van der Waals surface area contributed by atoms with Gasteiger partial charge in [-0.3, -0.25) is 4.79 Å². The number of benzene rings is 2. The summed E-state index contributed by atoms with van der Waals surface area (Å²) in [5, 5.41) is 2.42. The Labute approximate surface area is 175 Å². The zero-order chi connectivity index (χ0) is 22.0. The maximum Gasteiger partial charge on any atom is 0.258 e. The number of amides is 1. The highest BCUT2D eigenvalue weighted by Crippen LogP contribution is 2.24. The molecule has 2 aromatic heterocycles. The fraction of sp³-hybridized carbons (Fsp3) is 0.0455. The number of nitrogens with zero attached hydrogens (tertiary/aromatic N) is 3. The first kappa shape index (κ1) is 20.1. The van der Waals surface area contributed by atoms with Crippen molar-refractivity contribution in [3.63, 3.8) is 0 Å². The molecule has 0 bridgehead atoms. The maximum atomic E-state index is 13.8. The average molecular weight is 424 g/mol. The Balaban J connectivity index is 1.48. The smallest absolute Gasteiger partial charge is 0.258 e. The maximum absolute atomic E-state index is 13.8. The minimum Gasteiger partial charge on any atom is -0.439 e. The molecule has 0 unspecified atom stereocenters. The molecule has 4 aromatic rings. The van der Waals surface area contributed by atoms with Crippen molar-refractivity contribution < 1.29 is 22.7 Å². The Hall–Kier alpha value is -4.14. The van der Waals surface area contributed by atoms with Crippen LogP contribution in [0.2, 0.25) is 0 Å². The zero-order valence-electron chi connectivity index (χ0n) is 16.1. The van der Waals surface area contributed by atoms with Gasteiger partial charge in [0.2, 0.25) is 5.88 Å². The van der Waals surface area contributed by atoms with E-state index in [9.17, 15) is 18.0 Å². The van der Waals surface area contributed by atoms with Crippen LogP contribution in [0, 0.1) is 24.4 Å². The summed E-state index contributed by atoms with van der Waals surface area (Å²) in [6, 6.07) is 13.2. The van der Waals surface area contributed by atoms with Crippen LogP contribution in [-0.2, 0) is 0 Å². The molecule has 1 amide bonds. The molecule has 2 aromatic carbocycles. The predicted molar refractivity (Wildman–Crippen MR) is 107 cm³/mol. The minimum absolute atomic E-state index is 0.313. The molecule has 31 heavy (non-hydrogen) atoms. The first-order valence-corrected chi connectivity index (χ1v) is 9.12. The summed E-state index contributed by atoms with van der Waals surface area (Å²) in [6.45, 7) is 1.75. The van der Waals surface area contributed by atoms with Gasteiger partial charge in [-0.15, -0.1) is 0 Å². The van der Waals surface area contributed by atoms with E-state index < -0.39 is 28.9 Å². The van der Waals surface area contributed by atoms with Crippen molar-refractivity contribution in [2.24, 2.45) is 0 Å². The summed E-state index contributed by atoms with van der Waals surface area (Å²) in [5.41, 5.74) is -0.290. The number of anilines is 1. The van der Waals surface area contributed by atoms with Crippen LogP contribution < -0.4 is 10.1 Å². The van der Waals surface area contributed by atoms with E-state index in [-0.39, 0.29) is 0 Å². The highest BCUT2D eigenvalue weighted by atomic mass is 19.2. The Morgan fingerprint density at radius 3 is 2.39 bits per heavy atom. The van der Waals surface area contributed by atoms with E-state index in [2.05, 4.69) is 15.3 Å². The molecule has 4 rings (SSSR count). The van der Waals surface area contributed by atoms with Gasteiger partial charge < -0.3 is 14.6 Å². The first-order valence-electron chi connectivity index (χ1n) is 9.12. The van der Waals surface area contributed by atoms with Gasteiger partial charge in [-0.25, -0.2) is 18.2 Å². The summed E-state index contributed by atoms with van der Waals surface area (Å²) in [6.07, 6.45) is 3.69. The van der Waals surface area contributed by atoms with E-state index in [1.807, 2.05) is 29.1 Å². The Kier molecular flexibility index (Phi) is 5.40. The molecule has 9 heteroatoms. The van der Waals surface area contributed by atoms with E-state index in [4.69, 9.17) is 4.74 Å². The zero-order valence-corrected chi connectivity index (χ0v) is 16.1. The number of halogens is 3. The predicted octanol–water partition coefficient (Wildman–Crippen LogP) is 5.04. The lowest BCUT2D eigenvalue weighted by molar-refractivity contribution is 0.102. The molecule has 0 saturated heterocycles. The molecule has 0 spiro atoms. The number of carbonyl (C=O) groups is 1. The molecule has 6 nitrogen and oxygen atoms in total. The molecule has 2 heterocycles. The quantitative estimate of drug-likeness (QED) is 0.456. The van der Waals surface area contributed by atoms with Crippen molar-refractivity contribution in [2.45, 2.75) is 6.92 Å². The fourth-order valence-corrected chi connectivity index (χ4v) is 2.82. The lowest BCUT2D eigenvalue weighted by Crippen LogP contribution is -2.15. The lowest BCUT2D eigenvalue weighted by atomic mass is 10.1. The van der Waals surface area contributed by atoms with Crippen molar-refractivity contribution in [1.82, 2.24) is 14.5 Å². The standard InChI is InChI=1S/C22H15F3N4O2/c1-13-26-18(29-10-2-3-11-29)12-19(27-13)31-15-6-4-14(5-7-15)28-22(30)16-8-9-17(23)21(25)20(16)24/h2-12H,1H3,(H,28,30). The molecule has 0 saturated carbocycles. The van der Waals surface area contributed by atoms with Crippen LogP contribution in [0.25, 0.3) is 5.82 Å². The number of carbonyl (C=O) groups excluding carboxylic acids is 1. The normalized spacial score (nSPS) is 10.7. The molecule has 0 atom stereocenters. The van der Waals surface area contributed by atoms with Crippen LogP contribution in [-0.4, -0.2) is 20.4 Å². The van der Waals surface area contributed by atoms with Crippen LogP contribution in [0.3, 0.4) is 0 Å². The highest BCUT2D eigenvalue weighted by Gasteiger charge is 2.19. The highest BCUT2D eigenvalue weighted by molar-refractivity contribution is 6.04. The van der Waals surface area contributed by atoms with Gasteiger partial charge in [0.05, 0.1) is 5.56 Å². The second-order valence-electron chi connectivity index (χ2n) is 6.51. The van der Waals surface area contributed by atoms with Crippen molar-refractivity contribution in [3.05, 3.63) is 95.8 Å². The molecule has 156 valence electrons. The number of aromatic nitrogens is 3. The van der Waals surface area contributed by atoms with Crippen LogP contribution >= 0.6 is 0 Å². The van der Waals surface area contributed by atoms with Gasteiger partial charge >= 0.3 is 0 Å². The summed E-state index contributed by atoms with van der Waals surface area (Å²) < 4.78 is 47.7. The fourth-order valence-electron chi connectivity index (χ4n) is 2.82. The second kappa shape index (κ2) is 8.31. The lowest BCUT2D eigenvalue weighted by Gasteiger charge is -2.10. The number of rotatable bonds is 5. The molecular formula is C22H15F3N4O2. The number of aryl methyl sites for hydroxylation is 1. The van der Waals surface area contributed by atoms with Crippen molar-refractivity contribution in [2.75, 3.05) is 5.32 Å². The summed E-state index contributed by atoms with van der Waals surface area (Å²) in [5.74, 6) is -3.58. The summed E-state index contributed by atoms with van der Waals surface area (Å²) in [7, 11) is 0.